The number of carbonyl (C=O) groups is 2. The maximum Gasteiger partial charge on any atom is 0.331 e. The van der Waals surface area contributed by atoms with E-state index in [1.54, 1.807) is 0 Å². The van der Waals surface area contributed by atoms with Crippen molar-refractivity contribution in [2.24, 2.45) is 45.8 Å². The molecule has 4 fully saturated rings. The van der Waals surface area contributed by atoms with Crippen molar-refractivity contribution in [3.63, 3.8) is 0 Å². The predicted octanol–water partition coefficient (Wildman–Crippen LogP) is 3.01. The van der Waals surface area contributed by atoms with Crippen LogP contribution in [0.4, 0.5) is 0 Å². The molecule has 0 aromatic rings. The van der Waals surface area contributed by atoms with Gasteiger partial charge in [-0.2, -0.15) is 0 Å². The topological polar surface area (TPSA) is 162 Å². The van der Waals surface area contributed by atoms with Crippen LogP contribution in [0.15, 0.2) is 22.8 Å². The van der Waals surface area contributed by atoms with Gasteiger partial charge >= 0.3 is 11.9 Å². The fourth-order valence-corrected chi connectivity index (χ4v) is 9.14. The summed E-state index contributed by atoms with van der Waals surface area (Å²) in [6, 6.07) is -0.606. The molecule has 0 saturated heterocycles. The lowest BCUT2D eigenvalue weighted by atomic mass is 9.39. The summed E-state index contributed by atoms with van der Waals surface area (Å²) in [6.45, 7) is 9.76. The van der Waals surface area contributed by atoms with E-state index >= 15 is 0 Å². The van der Waals surface area contributed by atoms with Gasteiger partial charge in [0.2, 0.25) is 0 Å². The molecule has 4 aliphatic carbocycles. The monoisotopic (exact) mass is 517 g/mol. The molecular weight excluding hydrogens is 470 g/mol. The van der Waals surface area contributed by atoms with Gasteiger partial charge in [-0.1, -0.05) is 25.5 Å². The lowest BCUT2D eigenvalue weighted by molar-refractivity contribution is -0.158. The van der Waals surface area contributed by atoms with Crippen LogP contribution >= 0.6 is 0 Å². The number of nitrogens with two attached hydrogens (primary N) is 3. The first-order valence-corrected chi connectivity index (χ1v) is 13.9. The Morgan fingerprint density at radius 1 is 1.14 bits per heavy atom. The van der Waals surface area contributed by atoms with E-state index < -0.39 is 35.1 Å². The van der Waals surface area contributed by atoms with E-state index in [1.165, 1.54) is 6.92 Å². The standard InChI is InChI=1S/C29H47N3O5/c1-15(2)7-6-8-17(26(35)36)23-21(37-16(3)33)14-28(5)24(23)19(30)13-22-27(4)11-10-20(34)25(31)18(27)9-12-29(22,28)32/h7,18-22,24-25,34H,6,8-14,30-32H2,1-5H3,(H,35,36)/b23-17+/t18-,19-,20+,21-,22-,24-,25-,27-,28-,29+/m0/s1. The summed E-state index contributed by atoms with van der Waals surface area (Å²) in [5.74, 6) is -1.48. The lowest BCUT2D eigenvalue weighted by Gasteiger charge is -2.68. The van der Waals surface area contributed by atoms with Crippen molar-refractivity contribution in [3.8, 4) is 0 Å². The maximum absolute atomic E-state index is 12.6. The molecule has 8 nitrogen and oxygen atoms in total. The van der Waals surface area contributed by atoms with E-state index in [0.717, 1.165) is 24.8 Å². The summed E-state index contributed by atoms with van der Waals surface area (Å²) in [5.41, 5.74) is 21.8. The van der Waals surface area contributed by atoms with Crippen LogP contribution in [0.2, 0.25) is 0 Å². The first-order chi connectivity index (χ1) is 17.2. The number of carboxylic acids is 1. The molecule has 0 spiro atoms. The van der Waals surface area contributed by atoms with Crippen molar-refractivity contribution in [3.05, 3.63) is 22.8 Å². The zero-order valence-electron chi connectivity index (χ0n) is 23.1. The van der Waals surface area contributed by atoms with E-state index in [1.807, 2.05) is 19.9 Å². The van der Waals surface area contributed by atoms with E-state index in [0.29, 0.717) is 43.3 Å². The van der Waals surface area contributed by atoms with Gasteiger partial charge < -0.3 is 32.2 Å². The smallest absolute Gasteiger partial charge is 0.331 e. The van der Waals surface area contributed by atoms with Crippen LogP contribution in [-0.2, 0) is 14.3 Å². The van der Waals surface area contributed by atoms with Crippen molar-refractivity contribution in [1.29, 1.82) is 0 Å². The number of allylic oxidation sites excluding steroid dienone is 2. The van der Waals surface area contributed by atoms with Crippen molar-refractivity contribution in [1.82, 2.24) is 0 Å². The zero-order chi connectivity index (χ0) is 27.5. The number of aliphatic carboxylic acids is 1. The second kappa shape index (κ2) is 9.78. The van der Waals surface area contributed by atoms with Crippen molar-refractivity contribution >= 4 is 11.9 Å². The number of carboxylic acid groups (broad SMARTS) is 1. The molecule has 4 aliphatic rings. The molecular formula is C29H47N3O5. The molecule has 0 bridgehead atoms. The minimum Gasteiger partial charge on any atom is -0.478 e. The highest BCUT2D eigenvalue weighted by atomic mass is 16.5. The predicted molar refractivity (Wildman–Crippen MR) is 142 cm³/mol. The highest BCUT2D eigenvalue weighted by Crippen LogP contribution is 2.69. The van der Waals surface area contributed by atoms with Gasteiger partial charge in [0.25, 0.3) is 0 Å². The molecule has 4 saturated carbocycles. The molecule has 0 amide bonds. The van der Waals surface area contributed by atoms with E-state index in [9.17, 15) is 19.8 Å². The number of aliphatic hydroxyl groups is 1. The Morgan fingerprint density at radius 2 is 1.81 bits per heavy atom. The number of esters is 1. The van der Waals surface area contributed by atoms with Crippen LogP contribution in [-0.4, -0.2) is 52.0 Å². The van der Waals surface area contributed by atoms with Crippen molar-refractivity contribution < 1.29 is 24.5 Å². The number of aliphatic hydroxyl groups excluding tert-OH is 1. The molecule has 37 heavy (non-hydrogen) atoms. The third kappa shape index (κ3) is 4.38. The fourth-order valence-electron chi connectivity index (χ4n) is 9.14. The Morgan fingerprint density at radius 3 is 2.41 bits per heavy atom. The number of rotatable bonds is 5. The summed E-state index contributed by atoms with van der Waals surface area (Å²) in [7, 11) is 0. The summed E-state index contributed by atoms with van der Waals surface area (Å²) in [6.07, 6.45) is 5.94. The van der Waals surface area contributed by atoms with Crippen LogP contribution in [0.3, 0.4) is 0 Å². The highest BCUT2D eigenvalue weighted by Gasteiger charge is 2.71. The van der Waals surface area contributed by atoms with Crippen LogP contribution in [0, 0.1) is 28.6 Å². The third-order valence-corrected chi connectivity index (χ3v) is 10.9. The summed E-state index contributed by atoms with van der Waals surface area (Å²) >= 11 is 0. The minimum atomic E-state index is -0.984. The Hall–Kier alpha value is -1.74. The molecule has 8 heteroatoms. The first kappa shape index (κ1) is 28.3. The molecule has 0 unspecified atom stereocenters. The molecule has 0 aromatic heterocycles. The van der Waals surface area contributed by atoms with Gasteiger partial charge in [-0.15, -0.1) is 0 Å². The molecule has 10 atom stereocenters. The summed E-state index contributed by atoms with van der Waals surface area (Å²) in [4.78, 5) is 24.8. The quantitative estimate of drug-likeness (QED) is 0.211. The number of ether oxygens (including phenoxy) is 1. The minimum absolute atomic E-state index is 0.0739. The number of hydrogen-bond donors (Lipinski definition) is 5. The molecule has 8 N–H and O–H groups in total. The average molecular weight is 518 g/mol. The van der Waals surface area contributed by atoms with Gasteiger partial charge in [0, 0.05) is 36.0 Å². The zero-order valence-corrected chi connectivity index (χ0v) is 23.1. The Bertz CT molecular complexity index is 1010. The van der Waals surface area contributed by atoms with Crippen molar-refractivity contribution in [2.75, 3.05) is 0 Å². The molecule has 0 heterocycles. The normalized spacial score (nSPS) is 46.2. The lowest BCUT2D eigenvalue weighted by Crippen LogP contribution is -2.74. The summed E-state index contributed by atoms with van der Waals surface area (Å²) in [5, 5.41) is 20.8. The van der Waals surface area contributed by atoms with Crippen LogP contribution in [0.1, 0.15) is 86.0 Å². The van der Waals surface area contributed by atoms with E-state index in [4.69, 9.17) is 21.9 Å². The second-order valence-corrected chi connectivity index (χ2v) is 13.1. The number of fused-ring (bicyclic) bond motifs is 5. The Kier molecular flexibility index (Phi) is 7.47. The first-order valence-electron chi connectivity index (χ1n) is 13.9. The van der Waals surface area contributed by atoms with Crippen LogP contribution in [0.5, 0.6) is 0 Å². The number of carbonyl (C=O) groups excluding carboxylic acids is 1. The van der Waals surface area contributed by atoms with Crippen LogP contribution < -0.4 is 17.2 Å². The molecule has 0 radical (unpaired) electrons. The van der Waals surface area contributed by atoms with Gasteiger partial charge in [0.05, 0.1) is 6.10 Å². The van der Waals surface area contributed by atoms with Crippen molar-refractivity contribution in [2.45, 2.75) is 116 Å². The van der Waals surface area contributed by atoms with Gasteiger partial charge in [0.1, 0.15) is 6.10 Å². The van der Waals surface area contributed by atoms with Gasteiger partial charge in [-0.05, 0) is 93.5 Å². The average Bonchev–Trinajstić information content (AvgIpc) is 3.08. The fraction of sp³-hybridized carbons (Fsp3) is 0.793. The van der Waals surface area contributed by atoms with E-state index in [2.05, 4.69) is 13.8 Å². The highest BCUT2D eigenvalue weighted by molar-refractivity contribution is 5.88. The third-order valence-electron chi connectivity index (χ3n) is 10.9. The van der Waals surface area contributed by atoms with Gasteiger partial charge in [-0.3, -0.25) is 4.79 Å². The Balaban J connectivity index is 1.82. The van der Waals surface area contributed by atoms with Gasteiger partial charge in [0.15, 0.2) is 0 Å². The Labute approximate surface area is 221 Å². The SMILES string of the molecule is CC(=O)O[C@H]1C[C@@]2(C)[C@H](/C1=C(\CCC=C(C)C)C(=O)O)[C@@H](N)C[C@H]1[C@@]3(C)CC[C@@H](O)[C@@H](N)[C@@H]3CC[C@@]12N. The largest absolute Gasteiger partial charge is 0.478 e. The van der Waals surface area contributed by atoms with Crippen LogP contribution in [0.25, 0.3) is 0 Å². The summed E-state index contributed by atoms with van der Waals surface area (Å²) < 4.78 is 5.84. The molecule has 4 rings (SSSR count). The molecule has 0 aliphatic heterocycles. The molecule has 0 aromatic carbocycles. The second-order valence-electron chi connectivity index (χ2n) is 13.1. The van der Waals surface area contributed by atoms with E-state index in [-0.39, 0.29) is 35.3 Å². The maximum atomic E-state index is 12.6. The molecule has 208 valence electrons. The number of hydrogen-bond acceptors (Lipinski definition) is 7. The van der Waals surface area contributed by atoms with Gasteiger partial charge in [-0.25, -0.2) is 4.79 Å².